The van der Waals surface area contributed by atoms with Crippen LogP contribution < -0.4 is 4.74 Å². The average molecular weight is 701 g/mol. The van der Waals surface area contributed by atoms with Gasteiger partial charge in [0, 0.05) is 17.5 Å². The molecule has 0 fully saturated rings. The fourth-order valence-electron chi connectivity index (χ4n) is 4.40. The van der Waals surface area contributed by atoms with Crippen molar-refractivity contribution in [2.24, 2.45) is 0 Å². The number of aliphatic carboxylic acids is 1. The van der Waals surface area contributed by atoms with Gasteiger partial charge in [0.05, 0.1) is 14.5 Å². The Kier molecular flexibility index (Phi) is 8.56. The Morgan fingerprint density at radius 1 is 0.881 bits per heavy atom. The third-order valence-corrected chi connectivity index (χ3v) is 7.72. The summed E-state index contributed by atoms with van der Waals surface area (Å²) < 4.78 is 51.6. The highest BCUT2D eigenvalue weighted by Crippen LogP contribution is 2.39. The van der Waals surface area contributed by atoms with E-state index in [2.05, 4.69) is 36.8 Å². The fraction of sp³-hybridized carbons (Fsp3) is 0.125. The first-order valence-electron chi connectivity index (χ1n) is 12.7. The molecule has 1 atom stereocenters. The number of hydrogen-bond donors (Lipinski definition) is 1. The summed E-state index contributed by atoms with van der Waals surface area (Å²) in [7, 11) is 0. The van der Waals surface area contributed by atoms with Gasteiger partial charge in [-0.25, -0.2) is 9.78 Å². The number of oxazole rings is 1. The van der Waals surface area contributed by atoms with E-state index in [9.17, 15) is 23.1 Å². The molecule has 42 heavy (non-hydrogen) atoms. The molecule has 10 heteroatoms. The largest absolute Gasteiger partial charge is 0.478 e. The molecule has 1 heterocycles. The van der Waals surface area contributed by atoms with Crippen molar-refractivity contribution in [2.75, 3.05) is 0 Å². The molecular weight excluding hydrogens is 679 g/mol. The highest BCUT2D eigenvalue weighted by Gasteiger charge is 2.30. The Hall–Kier alpha value is -3.89. The Bertz CT molecular complexity index is 1700. The number of nitrogens with zero attached hydrogens (tertiary/aromatic N) is 1. The average Bonchev–Trinajstić information content (AvgIpc) is 3.35. The predicted octanol–water partition coefficient (Wildman–Crippen LogP) is 9.60. The zero-order valence-electron chi connectivity index (χ0n) is 22.0. The van der Waals surface area contributed by atoms with E-state index in [1.165, 1.54) is 12.1 Å². The van der Waals surface area contributed by atoms with Crippen LogP contribution in [0.4, 0.5) is 13.2 Å². The number of carboxylic acids is 1. The van der Waals surface area contributed by atoms with Gasteiger partial charge in [-0.3, -0.25) is 0 Å². The SMILES string of the molecule is Cc1oc(-c2ccc(C(F)(F)F)cc2)nc1-c1ccc(-c2cc(Br)c(OC(Cc3ccccc3)C(=O)O)c(Br)c2)cc1. The number of halogens is 5. The van der Waals surface area contributed by atoms with Crippen molar-refractivity contribution >= 4 is 37.8 Å². The van der Waals surface area contributed by atoms with Crippen LogP contribution in [0.5, 0.6) is 5.75 Å². The number of aromatic nitrogens is 1. The van der Waals surface area contributed by atoms with Crippen molar-refractivity contribution in [3.63, 3.8) is 0 Å². The van der Waals surface area contributed by atoms with Crippen LogP contribution in [0.2, 0.25) is 0 Å². The van der Waals surface area contributed by atoms with Crippen molar-refractivity contribution in [3.8, 4) is 39.6 Å². The summed E-state index contributed by atoms with van der Waals surface area (Å²) in [6.07, 6.45) is -5.29. The van der Waals surface area contributed by atoms with E-state index in [1.807, 2.05) is 66.7 Å². The van der Waals surface area contributed by atoms with Crippen molar-refractivity contribution < 1.29 is 32.2 Å². The minimum atomic E-state index is -4.42. The standard InChI is InChI=1S/C32H22Br2F3NO4/c1-18-28(38-30(41-18)22-11-13-24(14-12-22)32(35,36)37)21-9-7-20(8-10-21)23-16-25(33)29(26(34)17-23)42-27(31(39)40)15-19-5-3-2-4-6-19/h2-14,16-17,27H,15H2,1H3,(H,39,40). The lowest BCUT2D eigenvalue weighted by molar-refractivity contribution is -0.145. The Labute approximate surface area is 256 Å². The topological polar surface area (TPSA) is 72.6 Å². The third-order valence-electron chi connectivity index (χ3n) is 6.55. The van der Waals surface area contributed by atoms with Crippen LogP contribution in [0.3, 0.4) is 0 Å². The fourth-order valence-corrected chi connectivity index (χ4v) is 5.77. The van der Waals surface area contributed by atoms with Crippen molar-refractivity contribution in [3.05, 3.63) is 117 Å². The van der Waals surface area contributed by atoms with E-state index < -0.39 is 23.8 Å². The molecule has 0 saturated heterocycles. The molecule has 5 nitrogen and oxygen atoms in total. The number of rotatable bonds is 8. The third kappa shape index (κ3) is 6.60. The first-order valence-corrected chi connectivity index (χ1v) is 14.3. The van der Waals surface area contributed by atoms with E-state index in [0.717, 1.165) is 34.4 Å². The molecule has 0 bridgehead atoms. The zero-order chi connectivity index (χ0) is 30.0. The Balaban J connectivity index is 1.35. The minimum Gasteiger partial charge on any atom is -0.478 e. The van der Waals surface area contributed by atoms with Gasteiger partial charge in [0.1, 0.15) is 17.2 Å². The molecule has 0 radical (unpaired) electrons. The summed E-state index contributed by atoms with van der Waals surface area (Å²) in [4.78, 5) is 16.4. The smallest absolute Gasteiger partial charge is 0.416 e. The molecular formula is C32H22Br2F3NO4. The monoisotopic (exact) mass is 699 g/mol. The van der Waals surface area contributed by atoms with Crippen molar-refractivity contribution in [1.29, 1.82) is 0 Å². The number of alkyl halides is 3. The number of carboxylic acid groups (broad SMARTS) is 1. The van der Waals surface area contributed by atoms with Crippen LogP contribution in [0.15, 0.2) is 104 Å². The molecule has 5 rings (SSSR count). The first kappa shape index (κ1) is 29.6. The highest BCUT2D eigenvalue weighted by atomic mass is 79.9. The van der Waals surface area contributed by atoms with E-state index in [1.54, 1.807) is 6.92 Å². The van der Waals surface area contributed by atoms with Crippen LogP contribution in [0, 0.1) is 6.92 Å². The highest BCUT2D eigenvalue weighted by molar-refractivity contribution is 9.11. The van der Waals surface area contributed by atoms with Gasteiger partial charge in [0.15, 0.2) is 6.10 Å². The van der Waals surface area contributed by atoms with E-state index >= 15 is 0 Å². The lowest BCUT2D eigenvalue weighted by Gasteiger charge is -2.18. The minimum absolute atomic E-state index is 0.209. The van der Waals surface area contributed by atoms with Gasteiger partial charge < -0.3 is 14.3 Å². The van der Waals surface area contributed by atoms with Crippen LogP contribution in [-0.2, 0) is 17.4 Å². The molecule has 5 aromatic rings. The predicted molar refractivity (Wildman–Crippen MR) is 160 cm³/mol. The summed E-state index contributed by atoms with van der Waals surface area (Å²) in [5.41, 5.74) is 3.65. The lowest BCUT2D eigenvalue weighted by atomic mass is 10.0. The molecule has 0 spiro atoms. The van der Waals surface area contributed by atoms with Crippen molar-refractivity contribution in [1.82, 2.24) is 4.98 Å². The number of benzene rings is 4. The lowest BCUT2D eigenvalue weighted by Crippen LogP contribution is -2.29. The van der Waals surface area contributed by atoms with Crippen molar-refractivity contribution in [2.45, 2.75) is 25.6 Å². The Morgan fingerprint density at radius 3 is 2.02 bits per heavy atom. The van der Waals surface area contributed by atoms with E-state index in [-0.39, 0.29) is 12.3 Å². The Morgan fingerprint density at radius 2 is 1.45 bits per heavy atom. The van der Waals surface area contributed by atoms with Gasteiger partial charge in [0.25, 0.3) is 0 Å². The van der Waals surface area contributed by atoms with Gasteiger partial charge >= 0.3 is 12.1 Å². The summed E-state index contributed by atoms with van der Waals surface area (Å²) >= 11 is 7.05. The van der Waals surface area contributed by atoms with Gasteiger partial charge in [0.2, 0.25) is 5.89 Å². The van der Waals surface area contributed by atoms with Gasteiger partial charge in [-0.1, -0.05) is 54.6 Å². The molecule has 214 valence electrons. The molecule has 1 unspecified atom stereocenters. The second kappa shape index (κ2) is 12.1. The summed E-state index contributed by atoms with van der Waals surface area (Å²) in [6.45, 7) is 1.75. The summed E-state index contributed by atoms with van der Waals surface area (Å²) in [5.74, 6) is 0.0819. The van der Waals surface area contributed by atoms with Gasteiger partial charge in [-0.15, -0.1) is 0 Å². The number of hydrogen-bond acceptors (Lipinski definition) is 4. The molecule has 0 amide bonds. The van der Waals surface area contributed by atoms with Crippen LogP contribution >= 0.6 is 31.9 Å². The van der Waals surface area contributed by atoms with Crippen LogP contribution in [0.25, 0.3) is 33.8 Å². The van der Waals surface area contributed by atoms with E-state index in [0.29, 0.717) is 31.7 Å². The van der Waals surface area contributed by atoms with E-state index in [4.69, 9.17) is 9.15 Å². The molecule has 1 aromatic heterocycles. The van der Waals surface area contributed by atoms with Crippen LogP contribution in [-0.4, -0.2) is 22.2 Å². The summed E-state index contributed by atoms with van der Waals surface area (Å²) in [5, 5.41) is 9.75. The first-order chi connectivity index (χ1) is 20.0. The molecule has 0 aliphatic heterocycles. The van der Waals surface area contributed by atoms with Crippen LogP contribution in [0.1, 0.15) is 16.9 Å². The molecule has 0 saturated carbocycles. The maximum Gasteiger partial charge on any atom is 0.416 e. The second-order valence-corrected chi connectivity index (χ2v) is 11.2. The number of aryl methyl sites for hydroxylation is 1. The molecule has 0 aliphatic rings. The molecule has 0 aliphatic carbocycles. The van der Waals surface area contributed by atoms with Gasteiger partial charge in [-0.2, -0.15) is 13.2 Å². The number of carbonyl (C=O) groups is 1. The maximum atomic E-state index is 12.9. The number of ether oxygens (including phenoxy) is 1. The molecule has 4 aromatic carbocycles. The second-order valence-electron chi connectivity index (χ2n) is 9.48. The quantitative estimate of drug-likeness (QED) is 0.175. The van der Waals surface area contributed by atoms with Gasteiger partial charge in [-0.05, 0) is 91.9 Å². The normalized spacial score (nSPS) is 12.2. The summed E-state index contributed by atoms with van der Waals surface area (Å²) in [6, 6.07) is 25.2. The molecule has 1 N–H and O–H groups in total. The maximum absolute atomic E-state index is 12.9. The zero-order valence-corrected chi connectivity index (χ0v) is 25.1.